The molecule has 0 spiro atoms. The average Bonchev–Trinajstić information content (AvgIpc) is 3.29. The van der Waals surface area contributed by atoms with E-state index >= 15 is 0 Å². The van der Waals surface area contributed by atoms with Crippen molar-refractivity contribution in [2.45, 2.75) is 63.5 Å². The normalized spacial score (nSPS) is 21.0. The molecule has 5 rings (SSSR count). The van der Waals surface area contributed by atoms with Gasteiger partial charge in [-0.3, -0.25) is 4.79 Å². The summed E-state index contributed by atoms with van der Waals surface area (Å²) in [5.41, 5.74) is 2.69. The molecule has 4 heteroatoms. The Bertz CT molecular complexity index is 1150. The molecular weight excluding hydrogens is 480 g/mol. The van der Waals surface area contributed by atoms with Crippen molar-refractivity contribution >= 4 is 5.91 Å². The van der Waals surface area contributed by atoms with Crippen LogP contribution in [0.3, 0.4) is 0 Å². The van der Waals surface area contributed by atoms with Crippen LogP contribution in [0, 0.1) is 5.92 Å². The third-order valence-electron chi connectivity index (χ3n) is 9.05. The minimum atomic E-state index is -0.652. The number of benzene rings is 3. The molecule has 1 amide bonds. The number of carbonyl (C=O) groups excluding carboxylic acids is 1. The van der Waals surface area contributed by atoms with Gasteiger partial charge in [0, 0.05) is 38.2 Å². The van der Waals surface area contributed by atoms with Crippen molar-refractivity contribution in [3.05, 3.63) is 108 Å². The first-order valence-electron chi connectivity index (χ1n) is 14.8. The lowest BCUT2D eigenvalue weighted by Crippen LogP contribution is -2.46. The van der Waals surface area contributed by atoms with Crippen LogP contribution in [-0.2, 0) is 20.5 Å². The highest BCUT2D eigenvalue weighted by molar-refractivity contribution is 5.95. The molecule has 2 aliphatic rings. The van der Waals surface area contributed by atoms with Gasteiger partial charge in [-0.25, -0.2) is 0 Å². The molecule has 39 heavy (non-hydrogen) atoms. The largest absolute Gasteiger partial charge is 0.370 e. The number of likely N-dealkylation sites (tertiary alicyclic amines) is 2. The summed E-state index contributed by atoms with van der Waals surface area (Å²) in [6.07, 6.45) is 4.01. The number of ether oxygens (including phenoxy) is 1. The smallest absolute Gasteiger partial charge is 0.238 e. The van der Waals surface area contributed by atoms with E-state index in [2.05, 4.69) is 109 Å². The van der Waals surface area contributed by atoms with E-state index in [4.69, 9.17) is 4.74 Å². The summed E-state index contributed by atoms with van der Waals surface area (Å²) in [5.74, 6) is 0.448. The standard InChI is InChI=1S/C35H44N2O2/c1-4-26-39-34(29-14-8-5-9-15-29)21-24-36(25-22-34)23-20-32-27-37(28(2)3)33(38)35(32,30-16-10-6-11-17-30)31-18-12-7-13-19-31/h5-19,28,32H,4,20-27H2,1-3H3. The van der Waals surface area contributed by atoms with Crippen molar-refractivity contribution < 1.29 is 9.53 Å². The van der Waals surface area contributed by atoms with Crippen molar-refractivity contribution in [3.63, 3.8) is 0 Å². The van der Waals surface area contributed by atoms with Crippen LogP contribution in [0.5, 0.6) is 0 Å². The van der Waals surface area contributed by atoms with Gasteiger partial charge in [-0.05, 0) is 62.8 Å². The van der Waals surface area contributed by atoms with Crippen LogP contribution < -0.4 is 0 Å². The van der Waals surface area contributed by atoms with E-state index in [1.54, 1.807) is 0 Å². The van der Waals surface area contributed by atoms with Crippen molar-refractivity contribution in [1.29, 1.82) is 0 Å². The molecular formula is C35H44N2O2. The Hall–Kier alpha value is -2.95. The zero-order chi connectivity index (χ0) is 27.3. The topological polar surface area (TPSA) is 32.8 Å². The molecule has 0 saturated carbocycles. The SMILES string of the molecule is CCCOC1(c2ccccc2)CCN(CCC2CN(C(C)C)C(=O)C2(c2ccccc2)c2ccccc2)CC1. The van der Waals surface area contributed by atoms with Crippen molar-refractivity contribution in [1.82, 2.24) is 9.80 Å². The van der Waals surface area contributed by atoms with Gasteiger partial charge in [0.15, 0.2) is 0 Å². The van der Waals surface area contributed by atoms with Gasteiger partial charge in [-0.15, -0.1) is 0 Å². The third-order valence-corrected chi connectivity index (χ3v) is 9.05. The Morgan fingerprint density at radius 1 is 0.821 bits per heavy atom. The van der Waals surface area contributed by atoms with Crippen LogP contribution in [0.15, 0.2) is 91.0 Å². The minimum Gasteiger partial charge on any atom is -0.370 e. The lowest BCUT2D eigenvalue weighted by atomic mass is 9.66. The Morgan fingerprint density at radius 3 is 1.82 bits per heavy atom. The van der Waals surface area contributed by atoms with Crippen LogP contribution in [-0.4, -0.2) is 54.5 Å². The molecule has 0 aliphatic carbocycles. The van der Waals surface area contributed by atoms with Gasteiger partial charge in [0.05, 0.1) is 5.60 Å². The molecule has 0 N–H and O–H groups in total. The molecule has 1 unspecified atom stereocenters. The molecule has 2 heterocycles. The number of hydrogen-bond donors (Lipinski definition) is 0. The van der Waals surface area contributed by atoms with E-state index < -0.39 is 5.41 Å². The van der Waals surface area contributed by atoms with Crippen LogP contribution >= 0.6 is 0 Å². The van der Waals surface area contributed by atoms with Crippen LogP contribution in [0.4, 0.5) is 0 Å². The maximum atomic E-state index is 14.4. The fourth-order valence-electron chi connectivity index (χ4n) is 6.93. The fraction of sp³-hybridized carbons (Fsp3) is 0.457. The maximum Gasteiger partial charge on any atom is 0.238 e. The van der Waals surface area contributed by atoms with Gasteiger partial charge in [0.25, 0.3) is 0 Å². The zero-order valence-corrected chi connectivity index (χ0v) is 23.9. The quantitative estimate of drug-likeness (QED) is 0.298. The summed E-state index contributed by atoms with van der Waals surface area (Å²) in [6, 6.07) is 32.0. The van der Waals surface area contributed by atoms with Crippen molar-refractivity contribution in [3.8, 4) is 0 Å². The Labute approximate surface area is 235 Å². The van der Waals surface area contributed by atoms with E-state index in [0.29, 0.717) is 0 Å². The Balaban J connectivity index is 1.39. The Morgan fingerprint density at radius 2 is 1.33 bits per heavy atom. The van der Waals surface area contributed by atoms with Gasteiger partial charge in [0.1, 0.15) is 5.41 Å². The van der Waals surface area contributed by atoms with Crippen molar-refractivity contribution in [2.24, 2.45) is 5.92 Å². The highest BCUT2D eigenvalue weighted by Crippen LogP contribution is 2.48. The number of piperidine rings is 1. The molecule has 0 aromatic heterocycles. The molecule has 206 valence electrons. The number of nitrogens with zero attached hydrogens (tertiary/aromatic N) is 2. The fourth-order valence-corrected chi connectivity index (χ4v) is 6.93. The van der Waals surface area contributed by atoms with Gasteiger partial charge < -0.3 is 14.5 Å². The summed E-state index contributed by atoms with van der Waals surface area (Å²) in [5, 5.41) is 0. The second kappa shape index (κ2) is 12.1. The van der Waals surface area contributed by atoms with Gasteiger partial charge in [0.2, 0.25) is 5.91 Å². The Kier molecular flexibility index (Phi) is 8.54. The van der Waals surface area contributed by atoms with Crippen LogP contribution in [0.2, 0.25) is 0 Å². The number of carbonyl (C=O) groups is 1. The predicted octanol–water partition coefficient (Wildman–Crippen LogP) is 6.65. The summed E-state index contributed by atoms with van der Waals surface area (Å²) in [7, 11) is 0. The summed E-state index contributed by atoms with van der Waals surface area (Å²) in [6.45, 7) is 11.1. The predicted molar refractivity (Wildman–Crippen MR) is 159 cm³/mol. The molecule has 2 saturated heterocycles. The minimum absolute atomic E-state index is 0.173. The second-order valence-corrected chi connectivity index (χ2v) is 11.6. The van der Waals surface area contributed by atoms with Crippen LogP contribution in [0.25, 0.3) is 0 Å². The molecule has 3 aromatic rings. The summed E-state index contributed by atoms with van der Waals surface area (Å²) < 4.78 is 6.56. The first-order chi connectivity index (χ1) is 19.0. The number of amides is 1. The van der Waals surface area contributed by atoms with Gasteiger partial charge in [-0.1, -0.05) is 97.9 Å². The molecule has 2 fully saturated rings. The average molecular weight is 525 g/mol. The first kappa shape index (κ1) is 27.6. The van der Waals surface area contributed by atoms with Crippen molar-refractivity contribution in [2.75, 3.05) is 32.8 Å². The molecule has 2 aliphatic heterocycles. The van der Waals surface area contributed by atoms with Crippen LogP contribution in [0.1, 0.15) is 63.1 Å². The molecule has 3 aromatic carbocycles. The first-order valence-corrected chi connectivity index (χ1v) is 14.8. The van der Waals surface area contributed by atoms with E-state index in [9.17, 15) is 4.79 Å². The molecule has 4 nitrogen and oxygen atoms in total. The van der Waals surface area contributed by atoms with E-state index in [0.717, 1.165) is 69.6 Å². The maximum absolute atomic E-state index is 14.4. The lowest BCUT2D eigenvalue weighted by molar-refractivity contribution is -0.132. The van der Waals surface area contributed by atoms with Gasteiger partial charge >= 0.3 is 0 Å². The third kappa shape index (κ3) is 5.29. The lowest BCUT2D eigenvalue weighted by Gasteiger charge is -2.43. The van der Waals surface area contributed by atoms with E-state index in [-0.39, 0.29) is 23.5 Å². The molecule has 0 bridgehead atoms. The highest BCUT2D eigenvalue weighted by Gasteiger charge is 2.56. The zero-order valence-electron chi connectivity index (χ0n) is 23.9. The highest BCUT2D eigenvalue weighted by atomic mass is 16.5. The monoisotopic (exact) mass is 524 g/mol. The number of rotatable bonds is 10. The number of hydrogen-bond acceptors (Lipinski definition) is 3. The van der Waals surface area contributed by atoms with E-state index in [1.165, 1.54) is 5.56 Å². The van der Waals surface area contributed by atoms with E-state index in [1.807, 2.05) is 12.1 Å². The van der Waals surface area contributed by atoms with Gasteiger partial charge in [-0.2, -0.15) is 0 Å². The molecule has 0 radical (unpaired) electrons. The second-order valence-electron chi connectivity index (χ2n) is 11.6. The summed E-state index contributed by atoms with van der Waals surface area (Å²) in [4.78, 5) is 19.1. The summed E-state index contributed by atoms with van der Waals surface area (Å²) >= 11 is 0. The molecule has 1 atom stereocenters.